The molecule has 6 heteroatoms. The van der Waals surface area contributed by atoms with E-state index in [4.69, 9.17) is 11.6 Å². The Morgan fingerprint density at radius 3 is 2.81 bits per heavy atom. The van der Waals surface area contributed by atoms with Crippen LogP contribution in [0.4, 0.5) is 0 Å². The van der Waals surface area contributed by atoms with Crippen LogP contribution < -0.4 is 11.2 Å². The lowest BCUT2D eigenvalue weighted by Crippen LogP contribution is -2.35. The number of nitrogens with one attached hydrogen (secondary N) is 1. The number of hydrogen-bond donors (Lipinski definition) is 1. The highest BCUT2D eigenvalue weighted by Gasteiger charge is 2.06. The summed E-state index contributed by atoms with van der Waals surface area (Å²) in [6.07, 6.45) is 0.493. The fourth-order valence-electron chi connectivity index (χ4n) is 1.46. The molecule has 82 valence electrons. The summed E-state index contributed by atoms with van der Waals surface area (Å²) in [7, 11) is 0. The zero-order valence-corrected chi connectivity index (χ0v) is 8.82. The smallest absolute Gasteiger partial charge is 0.307 e. The number of carbonyl (C=O) groups excluding carboxylic acids is 1. The van der Waals surface area contributed by atoms with Gasteiger partial charge in [0, 0.05) is 5.02 Å². The summed E-state index contributed by atoms with van der Waals surface area (Å²) in [6, 6.07) is 4.57. The van der Waals surface area contributed by atoms with E-state index >= 15 is 0 Å². The number of benzene rings is 1. The van der Waals surface area contributed by atoms with Crippen molar-refractivity contribution in [3.8, 4) is 0 Å². The Bertz CT molecular complexity index is 672. The van der Waals surface area contributed by atoms with Gasteiger partial charge in [0.2, 0.25) is 0 Å². The van der Waals surface area contributed by atoms with Gasteiger partial charge in [-0.1, -0.05) is 11.6 Å². The summed E-state index contributed by atoms with van der Waals surface area (Å²) in [5.74, 6) is 0. The zero-order valence-electron chi connectivity index (χ0n) is 8.07. The van der Waals surface area contributed by atoms with E-state index in [9.17, 15) is 14.4 Å². The van der Waals surface area contributed by atoms with Crippen LogP contribution in [-0.2, 0) is 11.3 Å². The Morgan fingerprint density at radius 2 is 2.12 bits per heavy atom. The molecule has 0 aliphatic rings. The maximum absolute atomic E-state index is 11.8. The second-order valence-electron chi connectivity index (χ2n) is 3.20. The first-order chi connectivity index (χ1) is 7.63. The minimum Gasteiger partial charge on any atom is -0.307 e. The van der Waals surface area contributed by atoms with Gasteiger partial charge in [0.15, 0.2) is 0 Å². The maximum atomic E-state index is 11.8. The zero-order chi connectivity index (χ0) is 11.7. The molecule has 0 saturated heterocycles. The van der Waals surface area contributed by atoms with Crippen LogP contribution in [0.5, 0.6) is 0 Å². The molecule has 0 amide bonds. The van der Waals surface area contributed by atoms with Crippen LogP contribution in [-0.4, -0.2) is 15.8 Å². The molecule has 0 fully saturated rings. The first-order valence-corrected chi connectivity index (χ1v) is 4.87. The number of hydrogen-bond acceptors (Lipinski definition) is 3. The van der Waals surface area contributed by atoms with Gasteiger partial charge >= 0.3 is 5.69 Å². The number of aromatic nitrogens is 2. The maximum Gasteiger partial charge on any atom is 0.329 e. The SMILES string of the molecule is O=CCn1c(=O)[nH]c2ccc(Cl)cc2c1=O. The molecule has 1 N–H and O–H groups in total. The van der Waals surface area contributed by atoms with Crippen molar-refractivity contribution in [1.29, 1.82) is 0 Å². The quantitative estimate of drug-likeness (QED) is 0.777. The van der Waals surface area contributed by atoms with E-state index in [2.05, 4.69) is 4.98 Å². The van der Waals surface area contributed by atoms with Crippen molar-refractivity contribution >= 4 is 28.8 Å². The standard InChI is InChI=1S/C10H7ClN2O3/c11-6-1-2-8-7(5-6)9(15)13(3-4-14)10(16)12-8/h1-2,4-5H,3H2,(H,12,16). The third-order valence-corrected chi connectivity index (χ3v) is 2.44. The van der Waals surface area contributed by atoms with Crippen molar-refractivity contribution in [3.63, 3.8) is 0 Å². The average molecular weight is 239 g/mol. The molecule has 0 saturated carbocycles. The van der Waals surface area contributed by atoms with Gasteiger partial charge in [-0.3, -0.25) is 9.36 Å². The van der Waals surface area contributed by atoms with Gasteiger partial charge < -0.3 is 9.78 Å². The fourth-order valence-corrected chi connectivity index (χ4v) is 1.64. The van der Waals surface area contributed by atoms with Crippen molar-refractivity contribution in [2.75, 3.05) is 0 Å². The third kappa shape index (κ3) is 1.65. The monoisotopic (exact) mass is 238 g/mol. The molecule has 0 atom stereocenters. The third-order valence-electron chi connectivity index (χ3n) is 2.20. The number of aldehydes is 1. The van der Waals surface area contributed by atoms with E-state index < -0.39 is 11.2 Å². The molecule has 1 aromatic heterocycles. The Morgan fingerprint density at radius 1 is 1.38 bits per heavy atom. The molecule has 0 unspecified atom stereocenters. The highest BCUT2D eigenvalue weighted by atomic mass is 35.5. The molecule has 1 aromatic carbocycles. The second kappa shape index (κ2) is 3.94. The van der Waals surface area contributed by atoms with Crippen LogP contribution in [0.25, 0.3) is 10.9 Å². The van der Waals surface area contributed by atoms with Gasteiger partial charge in [-0.2, -0.15) is 0 Å². The summed E-state index contributed by atoms with van der Waals surface area (Å²) in [6.45, 7) is -0.267. The topological polar surface area (TPSA) is 71.9 Å². The summed E-state index contributed by atoms with van der Waals surface area (Å²) in [5.41, 5.74) is -0.721. The van der Waals surface area contributed by atoms with Crippen LogP contribution in [0.3, 0.4) is 0 Å². The van der Waals surface area contributed by atoms with Gasteiger partial charge in [-0.15, -0.1) is 0 Å². The van der Waals surface area contributed by atoms with Crippen LogP contribution in [0.1, 0.15) is 0 Å². The van der Waals surface area contributed by atoms with Gasteiger partial charge in [0.1, 0.15) is 6.29 Å². The minimum absolute atomic E-state index is 0.267. The molecule has 5 nitrogen and oxygen atoms in total. The van der Waals surface area contributed by atoms with Crippen LogP contribution >= 0.6 is 11.6 Å². The summed E-state index contributed by atoms with van der Waals surface area (Å²) >= 11 is 5.75. The molecule has 2 rings (SSSR count). The summed E-state index contributed by atoms with van der Waals surface area (Å²) in [5, 5.41) is 0.684. The number of nitrogens with zero attached hydrogens (tertiary/aromatic N) is 1. The Kier molecular flexibility index (Phi) is 2.62. The van der Waals surface area contributed by atoms with Crippen molar-refractivity contribution in [2.45, 2.75) is 6.54 Å². The second-order valence-corrected chi connectivity index (χ2v) is 3.64. The molecule has 1 heterocycles. The van der Waals surface area contributed by atoms with Crippen molar-refractivity contribution in [3.05, 3.63) is 44.1 Å². The van der Waals surface area contributed by atoms with Gasteiger partial charge in [-0.05, 0) is 18.2 Å². The molecule has 0 aliphatic heterocycles. The van der Waals surface area contributed by atoms with Gasteiger partial charge in [0.05, 0.1) is 17.4 Å². The number of halogens is 1. The minimum atomic E-state index is -0.605. The largest absolute Gasteiger partial charge is 0.329 e. The van der Waals surface area contributed by atoms with E-state index in [0.717, 1.165) is 4.57 Å². The van der Waals surface area contributed by atoms with E-state index in [1.807, 2.05) is 0 Å². The fraction of sp³-hybridized carbons (Fsp3) is 0.100. The highest BCUT2D eigenvalue weighted by molar-refractivity contribution is 6.31. The van der Waals surface area contributed by atoms with E-state index in [-0.39, 0.29) is 11.9 Å². The molecule has 16 heavy (non-hydrogen) atoms. The van der Waals surface area contributed by atoms with E-state index in [0.29, 0.717) is 16.8 Å². The van der Waals surface area contributed by atoms with Crippen molar-refractivity contribution in [2.24, 2.45) is 0 Å². The first kappa shape index (κ1) is 10.6. The lowest BCUT2D eigenvalue weighted by atomic mass is 10.2. The number of fused-ring (bicyclic) bond motifs is 1. The van der Waals surface area contributed by atoms with Crippen molar-refractivity contribution < 1.29 is 4.79 Å². The molecule has 0 spiro atoms. The number of rotatable bonds is 2. The number of H-pyrrole nitrogens is 1. The normalized spacial score (nSPS) is 10.6. The van der Waals surface area contributed by atoms with Crippen LogP contribution in [0.15, 0.2) is 27.8 Å². The number of carbonyl (C=O) groups is 1. The Balaban J connectivity index is 2.90. The van der Waals surface area contributed by atoms with Crippen LogP contribution in [0, 0.1) is 0 Å². The highest BCUT2D eigenvalue weighted by Crippen LogP contribution is 2.13. The number of aromatic amines is 1. The Hall–Kier alpha value is -1.88. The predicted molar refractivity (Wildman–Crippen MR) is 59.9 cm³/mol. The van der Waals surface area contributed by atoms with Crippen molar-refractivity contribution in [1.82, 2.24) is 9.55 Å². The Labute approximate surface area is 94.3 Å². The predicted octanol–water partition coefficient (Wildman–Crippen LogP) is 0.542. The average Bonchev–Trinajstić information content (AvgIpc) is 2.26. The summed E-state index contributed by atoms with van der Waals surface area (Å²) in [4.78, 5) is 36.1. The lowest BCUT2D eigenvalue weighted by molar-refractivity contribution is -0.108. The molecular formula is C10H7ClN2O3. The molecule has 0 aliphatic carbocycles. The lowest BCUT2D eigenvalue weighted by Gasteiger charge is -2.02. The molecular weight excluding hydrogens is 232 g/mol. The van der Waals surface area contributed by atoms with Gasteiger partial charge in [0.25, 0.3) is 5.56 Å². The molecule has 0 radical (unpaired) electrons. The first-order valence-electron chi connectivity index (χ1n) is 4.49. The summed E-state index contributed by atoms with van der Waals surface area (Å²) < 4.78 is 0.825. The molecule has 2 aromatic rings. The van der Waals surface area contributed by atoms with E-state index in [1.165, 1.54) is 6.07 Å². The van der Waals surface area contributed by atoms with Gasteiger partial charge in [-0.25, -0.2) is 4.79 Å². The van der Waals surface area contributed by atoms with E-state index in [1.54, 1.807) is 12.1 Å². The van der Waals surface area contributed by atoms with Crippen LogP contribution in [0.2, 0.25) is 5.02 Å². The molecule has 0 bridgehead atoms.